The van der Waals surface area contributed by atoms with E-state index in [-0.39, 0.29) is 12.5 Å². The minimum atomic E-state index is -0.375. The topological polar surface area (TPSA) is 74.5 Å². The third-order valence-corrected chi connectivity index (χ3v) is 3.12. The normalized spacial score (nSPS) is 10.7. The molecule has 0 atom stereocenters. The zero-order valence-corrected chi connectivity index (χ0v) is 12.8. The molecule has 0 fully saturated rings. The fourth-order valence-corrected chi connectivity index (χ4v) is 1.97. The second kappa shape index (κ2) is 8.35. The molecule has 23 heavy (non-hydrogen) atoms. The number of hydrazone groups is 1. The standard InChI is InChI=1S/C18H17N3O2/c1-2-16(14-8-4-3-5-9-14)20-21-18(22)13-23-17-11-7-6-10-15(17)12-19/h3-11H,2,13H2,1H3,(H,21,22)/b20-16-. The van der Waals surface area contributed by atoms with E-state index in [0.717, 1.165) is 11.3 Å². The Kier molecular flexibility index (Phi) is 5.89. The van der Waals surface area contributed by atoms with E-state index in [1.165, 1.54) is 0 Å². The van der Waals surface area contributed by atoms with E-state index < -0.39 is 0 Å². The molecule has 2 aromatic carbocycles. The number of hydrogen-bond acceptors (Lipinski definition) is 4. The van der Waals surface area contributed by atoms with E-state index in [0.29, 0.717) is 17.7 Å². The maximum atomic E-state index is 11.8. The van der Waals surface area contributed by atoms with Crippen molar-refractivity contribution in [2.45, 2.75) is 13.3 Å². The summed E-state index contributed by atoms with van der Waals surface area (Å²) in [6.07, 6.45) is 0.697. The largest absolute Gasteiger partial charge is 0.482 e. The van der Waals surface area contributed by atoms with Gasteiger partial charge in [0.05, 0.1) is 11.3 Å². The van der Waals surface area contributed by atoms with E-state index in [9.17, 15) is 4.79 Å². The van der Waals surface area contributed by atoms with Crippen molar-refractivity contribution in [1.82, 2.24) is 5.43 Å². The van der Waals surface area contributed by atoms with Gasteiger partial charge in [-0.2, -0.15) is 10.4 Å². The third-order valence-electron chi connectivity index (χ3n) is 3.12. The quantitative estimate of drug-likeness (QED) is 0.658. The molecule has 5 nitrogen and oxygen atoms in total. The average molecular weight is 307 g/mol. The number of hydrogen-bond donors (Lipinski definition) is 1. The molecule has 0 aromatic heterocycles. The molecule has 0 aliphatic heterocycles. The van der Waals surface area contributed by atoms with Crippen LogP contribution in [0.2, 0.25) is 0 Å². The van der Waals surface area contributed by atoms with Crippen LogP contribution in [-0.2, 0) is 4.79 Å². The molecule has 0 bridgehead atoms. The molecular weight excluding hydrogens is 290 g/mol. The Morgan fingerprint density at radius 1 is 1.17 bits per heavy atom. The van der Waals surface area contributed by atoms with Gasteiger partial charge in [0, 0.05) is 0 Å². The molecule has 0 aliphatic carbocycles. The summed E-state index contributed by atoms with van der Waals surface area (Å²) in [5.41, 5.74) is 4.62. The van der Waals surface area contributed by atoms with E-state index in [1.807, 2.05) is 43.3 Å². The highest BCUT2D eigenvalue weighted by atomic mass is 16.5. The van der Waals surface area contributed by atoms with E-state index in [2.05, 4.69) is 10.5 Å². The lowest BCUT2D eigenvalue weighted by Gasteiger charge is -2.07. The highest BCUT2D eigenvalue weighted by Crippen LogP contribution is 2.16. The van der Waals surface area contributed by atoms with Crippen molar-refractivity contribution in [2.24, 2.45) is 5.10 Å². The Hall–Kier alpha value is -3.13. The number of carbonyl (C=O) groups excluding carboxylic acids is 1. The SMILES string of the molecule is CC/C(=N/NC(=O)COc1ccccc1C#N)c1ccccc1. The van der Waals surface area contributed by atoms with Crippen molar-refractivity contribution >= 4 is 11.6 Å². The van der Waals surface area contributed by atoms with Crippen LogP contribution in [0.4, 0.5) is 0 Å². The molecule has 0 saturated carbocycles. The molecule has 0 radical (unpaired) electrons. The average Bonchev–Trinajstić information content (AvgIpc) is 2.61. The molecule has 0 saturated heterocycles. The summed E-state index contributed by atoms with van der Waals surface area (Å²) in [6, 6.07) is 18.4. The summed E-state index contributed by atoms with van der Waals surface area (Å²) >= 11 is 0. The molecule has 0 spiro atoms. The molecule has 0 aliphatic rings. The zero-order valence-electron chi connectivity index (χ0n) is 12.8. The van der Waals surface area contributed by atoms with Crippen LogP contribution in [-0.4, -0.2) is 18.2 Å². The zero-order chi connectivity index (χ0) is 16.5. The van der Waals surface area contributed by atoms with Crippen molar-refractivity contribution < 1.29 is 9.53 Å². The Balaban J connectivity index is 1.94. The van der Waals surface area contributed by atoms with Gasteiger partial charge in [0.25, 0.3) is 5.91 Å². The summed E-state index contributed by atoms with van der Waals surface area (Å²) in [7, 11) is 0. The van der Waals surface area contributed by atoms with Crippen LogP contribution in [0, 0.1) is 11.3 Å². The summed E-state index contributed by atoms with van der Waals surface area (Å²) in [5, 5.41) is 13.1. The van der Waals surface area contributed by atoms with Crippen LogP contribution in [0.3, 0.4) is 0 Å². The van der Waals surface area contributed by atoms with Gasteiger partial charge in [-0.3, -0.25) is 4.79 Å². The van der Waals surface area contributed by atoms with Gasteiger partial charge in [0.1, 0.15) is 11.8 Å². The second-order valence-electron chi connectivity index (χ2n) is 4.71. The van der Waals surface area contributed by atoms with E-state index in [1.54, 1.807) is 24.3 Å². The molecule has 2 aromatic rings. The van der Waals surface area contributed by atoms with Gasteiger partial charge in [-0.15, -0.1) is 0 Å². The number of para-hydroxylation sites is 1. The first-order valence-electron chi connectivity index (χ1n) is 7.27. The third kappa shape index (κ3) is 4.68. The number of benzene rings is 2. The molecule has 116 valence electrons. The number of rotatable bonds is 6. The number of nitrogens with one attached hydrogen (secondary N) is 1. The number of nitrogens with zero attached hydrogens (tertiary/aromatic N) is 2. The van der Waals surface area contributed by atoms with E-state index in [4.69, 9.17) is 10.00 Å². The molecule has 2 rings (SSSR count). The van der Waals surface area contributed by atoms with Gasteiger partial charge in [-0.25, -0.2) is 5.43 Å². The Labute approximate surface area is 135 Å². The first-order valence-corrected chi connectivity index (χ1v) is 7.27. The van der Waals surface area contributed by atoms with Crippen LogP contribution in [0.1, 0.15) is 24.5 Å². The second-order valence-corrected chi connectivity index (χ2v) is 4.71. The summed E-state index contributed by atoms with van der Waals surface area (Å²) in [6.45, 7) is 1.77. The van der Waals surface area contributed by atoms with Crippen molar-refractivity contribution in [3.63, 3.8) is 0 Å². The lowest BCUT2D eigenvalue weighted by Crippen LogP contribution is -2.26. The van der Waals surface area contributed by atoms with Gasteiger partial charge in [-0.05, 0) is 24.1 Å². The van der Waals surface area contributed by atoms with Crippen molar-refractivity contribution in [3.05, 3.63) is 65.7 Å². The van der Waals surface area contributed by atoms with Gasteiger partial charge in [-0.1, -0.05) is 49.4 Å². The number of nitriles is 1. The van der Waals surface area contributed by atoms with E-state index >= 15 is 0 Å². The highest BCUT2D eigenvalue weighted by Gasteiger charge is 2.06. The van der Waals surface area contributed by atoms with Crippen molar-refractivity contribution in [2.75, 3.05) is 6.61 Å². The van der Waals surface area contributed by atoms with Crippen molar-refractivity contribution in [1.29, 1.82) is 5.26 Å². The van der Waals surface area contributed by atoms with Crippen molar-refractivity contribution in [3.8, 4) is 11.8 Å². The molecule has 1 amide bonds. The molecular formula is C18H17N3O2. The van der Waals surface area contributed by atoms with Crippen LogP contribution < -0.4 is 10.2 Å². The summed E-state index contributed by atoms with van der Waals surface area (Å²) < 4.78 is 5.36. The van der Waals surface area contributed by atoms with Crippen LogP contribution in [0.5, 0.6) is 5.75 Å². The smallest absolute Gasteiger partial charge is 0.277 e. The van der Waals surface area contributed by atoms with Crippen LogP contribution in [0.15, 0.2) is 59.7 Å². The molecule has 1 N–H and O–H groups in total. The maximum Gasteiger partial charge on any atom is 0.277 e. The van der Waals surface area contributed by atoms with Gasteiger partial charge in [0.2, 0.25) is 0 Å². The Morgan fingerprint density at radius 2 is 1.87 bits per heavy atom. The molecule has 5 heteroatoms. The summed E-state index contributed by atoms with van der Waals surface area (Å²) in [5.74, 6) is 0.00697. The number of amides is 1. The van der Waals surface area contributed by atoms with Gasteiger partial charge < -0.3 is 4.74 Å². The maximum absolute atomic E-state index is 11.8. The number of carbonyl (C=O) groups is 1. The summed E-state index contributed by atoms with van der Waals surface area (Å²) in [4.78, 5) is 11.8. The molecule has 0 unspecified atom stereocenters. The minimum Gasteiger partial charge on any atom is -0.482 e. The Bertz CT molecular complexity index is 733. The Morgan fingerprint density at radius 3 is 2.57 bits per heavy atom. The first-order chi connectivity index (χ1) is 11.2. The predicted octanol–water partition coefficient (Wildman–Crippen LogP) is 2.87. The molecule has 0 heterocycles. The lowest BCUT2D eigenvalue weighted by molar-refractivity contribution is -0.123. The van der Waals surface area contributed by atoms with Crippen LogP contribution in [0.25, 0.3) is 0 Å². The fourth-order valence-electron chi connectivity index (χ4n) is 1.97. The number of ether oxygens (including phenoxy) is 1. The van der Waals surface area contributed by atoms with Gasteiger partial charge >= 0.3 is 0 Å². The monoisotopic (exact) mass is 307 g/mol. The minimum absolute atomic E-state index is 0.200. The fraction of sp³-hybridized carbons (Fsp3) is 0.167. The van der Waals surface area contributed by atoms with Crippen LogP contribution >= 0.6 is 0 Å². The lowest BCUT2D eigenvalue weighted by atomic mass is 10.1. The highest BCUT2D eigenvalue weighted by molar-refractivity contribution is 6.00. The first kappa shape index (κ1) is 16.2. The predicted molar refractivity (Wildman–Crippen MR) is 88.1 cm³/mol. The van der Waals surface area contributed by atoms with Gasteiger partial charge in [0.15, 0.2) is 6.61 Å².